The Kier molecular flexibility index (Phi) is 8.03. The number of fused-ring (bicyclic) bond motifs is 2. The molecule has 4 heterocycles. The van der Waals surface area contributed by atoms with Crippen LogP contribution in [0.15, 0.2) is 80.6 Å². The van der Waals surface area contributed by atoms with Gasteiger partial charge in [0.15, 0.2) is 14.9 Å². The highest BCUT2D eigenvalue weighted by molar-refractivity contribution is 7.99. The molecule has 1 N–H and O–H groups in total. The van der Waals surface area contributed by atoms with Crippen molar-refractivity contribution in [3.8, 4) is 11.1 Å². The van der Waals surface area contributed by atoms with Crippen molar-refractivity contribution in [3.63, 3.8) is 0 Å². The third kappa shape index (κ3) is 5.71. The molecule has 4 aromatic rings. The molecule has 3 aromatic heterocycles. The summed E-state index contributed by atoms with van der Waals surface area (Å²) < 4.78 is 30.1. The molecule has 0 spiro atoms. The van der Waals surface area contributed by atoms with Gasteiger partial charge in [-0.15, -0.1) is 11.8 Å². The molecule has 1 aromatic carbocycles. The summed E-state index contributed by atoms with van der Waals surface area (Å²) in [6.45, 7) is 0.605. The molecule has 0 radical (unpaired) electrons. The first-order valence-corrected chi connectivity index (χ1v) is 15.5. The second-order valence-corrected chi connectivity index (χ2v) is 12.4. The fourth-order valence-corrected chi connectivity index (χ4v) is 7.45. The van der Waals surface area contributed by atoms with Gasteiger partial charge in [-0.05, 0) is 42.7 Å². The van der Waals surface area contributed by atoms with Gasteiger partial charge >= 0.3 is 5.69 Å². The zero-order chi connectivity index (χ0) is 27.4. The first kappa shape index (κ1) is 26.9. The maximum absolute atomic E-state index is 13.4. The van der Waals surface area contributed by atoms with Gasteiger partial charge in [-0.3, -0.25) is 23.1 Å². The van der Waals surface area contributed by atoms with Gasteiger partial charge in [-0.25, -0.2) is 18.2 Å². The number of benzene rings is 1. The summed E-state index contributed by atoms with van der Waals surface area (Å²) in [7, 11) is -3.77. The third-order valence-corrected chi connectivity index (χ3v) is 9.56. The van der Waals surface area contributed by atoms with Crippen LogP contribution in [0.4, 0.5) is 0 Å². The lowest BCUT2D eigenvalue weighted by atomic mass is 10.1. The molecule has 39 heavy (non-hydrogen) atoms. The molecule has 0 fully saturated rings. The van der Waals surface area contributed by atoms with Crippen molar-refractivity contribution in [2.24, 2.45) is 0 Å². The zero-order valence-corrected chi connectivity index (χ0v) is 22.9. The molecular weight excluding hydrogens is 538 g/mol. The number of hydrogen-bond donors (Lipinski definition) is 1. The van der Waals surface area contributed by atoms with Crippen LogP contribution in [0.2, 0.25) is 0 Å². The van der Waals surface area contributed by atoms with E-state index in [0.29, 0.717) is 37.8 Å². The van der Waals surface area contributed by atoms with E-state index in [0.717, 1.165) is 21.0 Å². The van der Waals surface area contributed by atoms with E-state index in [4.69, 9.17) is 0 Å². The Bertz CT molecular complexity index is 1730. The standard InChI is InChI=1S/C27H29N5O5S2/c33-22(11-5-18-38-23-12-4-10-21-28-14-17-30(21)23)29-13-6-15-31-25(34)24(20-8-2-1-3-9-20)26-32(27(31)35)16-7-19-39(26,36)37/h1-4,8-10,12,14,17H,5-7,11,13,15-16,18-19H2,(H,29,33). The topological polar surface area (TPSA) is 125 Å². The molecule has 0 unspecified atom stereocenters. The number of carbonyl (C=O) groups is 1. The van der Waals surface area contributed by atoms with Gasteiger partial charge < -0.3 is 5.32 Å². The Hall–Kier alpha value is -3.64. The second kappa shape index (κ2) is 11.6. The van der Waals surface area contributed by atoms with E-state index >= 15 is 0 Å². The smallest absolute Gasteiger partial charge is 0.332 e. The Morgan fingerprint density at radius 1 is 1.05 bits per heavy atom. The molecule has 204 valence electrons. The van der Waals surface area contributed by atoms with Gasteiger partial charge in [-0.1, -0.05) is 36.4 Å². The Morgan fingerprint density at radius 3 is 2.69 bits per heavy atom. The molecule has 1 aliphatic heterocycles. The van der Waals surface area contributed by atoms with Gasteiger partial charge in [0, 0.05) is 38.4 Å². The predicted octanol–water partition coefficient (Wildman–Crippen LogP) is 2.58. The normalized spacial score (nSPS) is 14.3. The average molecular weight is 568 g/mol. The number of nitrogens with zero attached hydrogens (tertiary/aromatic N) is 4. The van der Waals surface area contributed by atoms with E-state index < -0.39 is 21.1 Å². The van der Waals surface area contributed by atoms with E-state index in [-0.39, 0.29) is 35.3 Å². The van der Waals surface area contributed by atoms with Crippen LogP contribution in [0.1, 0.15) is 25.7 Å². The summed E-state index contributed by atoms with van der Waals surface area (Å²) in [6, 6.07) is 14.5. The number of amides is 1. The quantitative estimate of drug-likeness (QED) is 0.177. The lowest BCUT2D eigenvalue weighted by Gasteiger charge is -2.23. The summed E-state index contributed by atoms with van der Waals surface area (Å²) in [5.41, 5.74) is 0.116. The summed E-state index contributed by atoms with van der Waals surface area (Å²) in [4.78, 5) is 43.2. The van der Waals surface area contributed by atoms with Gasteiger partial charge in [-0.2, -0.15) is 0 Å². The van der Waals surface area contributed by atoms with Crippen LogP contribution in [0.25, 0.3) is 16.8 Å². The molecule has 0 bridgehead atoms. The summed E-state index contributed by atoms with van der Waals surface area (Å²) in [6.07, 6.45) is 5.40. The Labute approximate surface area is 229 Å². The van der Waals surface area contributed by atoms with Crippen molar-refractivity contribution in [1.82, 2.24) is 23.8 Å². The lowest BCUT2D eigenvalue weighted by molar-refractivity contribution is -0.121. The van der Waals surface area contributed by atoms with Crippen LogP contribution < -0.4 is 16.6 Å². The number of nitrogens with one attached hydrogen (secondary N) is 1. The van der Waals surface area contributed by atoms with Crippen molar-refractivity contribution < 1.29 is 13.2 Å². The molecule has 12 heteroatoms. The van der Waals surface area contributed by atoms with Gasteiger partial charge in [0.25, 0.3) is 5.56 Å². The fourth-order valence-electron chi connectivity index (χ4n) is 4.76. The molecule has 0 atom stereocenters. The molecule has 1 amide bonds. The number of hydrogen-bond acceptors (Lipinski definition) is 7. The van der Waals surface area contributed by atoms with E-state index in [2.05, 4.69) is 10.3 Å². The Balaban J connectivity index is 1.20. The maximum Gasteiger partial charge on any atom is 0.332 e. The van der Waals surface area contributed by atoms with Crippen molar-refractivity contribution in [1.29, 1.82) is 0 Å². The van der Waals surface area contributed by atoms with Crippen LogP contribution in [-0.4, -0.2) is 50.9 Å². The van der Waals surface area contributed by atoms with Crippen molar-refractivity contribution >= 4 is 33.2 Å². The fraction of sp³-hybridized carbons (Fsp3) is 0.333. The monoisotopic (exact) mass is 567 g/mol. The molecular formula is C27H29N5O5S2. The second-order valence-electron chi connectivity index (χ2n) is 9.28. The van der Waals surface area contributed by atoms with Crippen molar-refractivity contribution in [3.05, 3.63) is 81.8 Å². The van der Waals surface area contributed by atoms with E-state index in [1.54, 1.807) is 48.3 Å². The van der Waals surface area contributed by atoms with E-state index in [9.17, 15) is 22.8 Å². The number of thioether (sulfide) groups is 1. The number of rotatable bonds is 10. The Morgan fingerprint density at radius 2 is 1.87 bits per heavy atom. The largest absolute Gasteiger partial charge is 0.356 e. The summed E-state index contributed by atoms with van der Waals surface area (Å²) >= 11 is 1.66. The van der Waals surface area contributed by atoms with Crippen molar-refractivity contribution in [2.75, 3.05) is 18.1 Å². The van der Waals surface area contributed by atoms with Crippen LogP contribution in [0, 0.1) is 0 Å². The van der Waals surface area contributed by atoms with E-state index in [1.807, 2.05) is 28.8 Å². The predicted molar refractivity (Wildman–Crippen MR) is 150 cm³/mol. The van der Waals surface area contributed by atoms with E-state index in [1.165, 1.54) is 4.57 Å². The molecule has 5 rings (SSSR count). The third-order valence-electron chi connectivity index (χ3n) is 6.60. The lowest BCUT2D eigenvalue weighted by Crippen LogP contribution is -2.45. The van der Waals surface area contributed by atoms with Crippen LogP contribution in [-0.2, 0) is 27.7 Å². The van der Waals surface area contributed by atoms with Crippen LogP contribution in [0.5, 0.6) is 0 Å². The number of carbonyl (C=O) groups excluding carboxylic acids is 1. The number of sulfone groups is 1. The number of imidazole rings is 1. The first-order valence-electron chi connectivity index (χ1n) is 12.8. The minimum Gasteiger partial charge on any atom is -0.356 e. The van der Waals surface area contributed by atoms with Gasteiger partial charge in [0.1, 0.15) is 5.65 Å². The minimum atomic E-state index is -3.77. The molecule has 1 aliphatic rings. The van der Waals surface area contributed by atoms with Crippen LogP contribution in [0.3, 0.4) is 0 Å². The molecule has 0 saturated carbocycles. The molecule has 0 aliphatic carbocycles. The molecule has 10 nitrogen and oxygen atoms in total. The zero-order valence-electron chi connectivity index (χ0n) is 21.3. The summed E-state index contributed by atoms with van der Waals surface area (Å²) in [5.74, 6) is 0.582. The average Bonchev–Trinajstić information content (AvgIpc) is 3.41. The maximum atomic E-state index is 13.4. The van der Waals surface area contributed by atoms with Crippen LogP contribution >= 0.6 is 11.8 Å². The van der Waals surface area contributed by atoms with Gasteiger partial charge in [0.2, 0.25) is 5.91 Å². The SMILES string of the molecule is O=C(CCCSc1cccc2nccn12)NCCCn1c(=O)c(-c2ccccc2)c2n(c1=O)CCCS2(=O)=O. The highest BCUT2D eigenvalue weighted by atomic mass is 32.2. The highest BCUT2D eigenvalue weighted by Crippen LogP contribution is 2.27. The summed E-state index contributed by atoms with van der Waals surface area (Å²) in [5, 5.41) is 3.73. The molecule has 0 saturated heterocycles. The first-order chi connectivity index (χ1) is 18.9. The number of pyridine rings is 1. The van der Waals surface area contributed by atoms with Gasteiger partial charge in [0.05, 0.1) is 16.3 Å². The van der Waals surface area contributed by atoms with Crippen molar-refractivity contribution in [2.45, 2.75) is 48.8 Å². The minimum absolute atomic E-state index is 0.0304. The highest BCUT2D eigenvalue weighted by Gasteiger charge is 2.32. The number of aromatic nitrogens is 4.